The van der Waals surface area contributed by atoms with Crippen LogP contribution in [-0.2, 0) is 0 Å². The van der Waals surface area contributed by atoms with Crippen molar-refractivity contribution in [1.29, 1.82) is 0 Å². The molecule has 94 valence electrons. The third-order valence-corrected chi connectivity index (χ3v) is 5.64. The molecule has 2 heteroatoms. The summed E-state index contributed by atoms with van der Waals surface area (Å²) in [4.78, 5) is 2.73. The van der Waals surface area contributed by atoms with E-state index in [0.29, 0.717) is 5.41 Å². The van der Waals surface area contributed by atoms with Crippen LogP contribution < -0.4 is 0 Å². The highest BCUT2D eigenvalue weighted by Gasteiger charge is 2.32. The Hall–Kier alpha value is 0.440. The average molecular weight is 288 g/mol. The van der Waals surface area contributed by atoms with E-state index in [4.69, 9.17) is 0 Å². The number of hydrogen-bond acceptors (Lipinski definition) is 1. The third-order valence-electron chi connectivity index (χ3n) is 4.46. The highest BCUT2D eigenvalue weighted by atomic mass is 79.9. The van der Waals surface area contributed by atoms with Crippen LogP contribution in [-0.4, -0.2) is 29.9 Å². The van der Waals surface area contributed by atoms with Gasteiger partial charge in [0, 0.05) is 11.9 Å². The van der Waals surface area contributed by atoms with Crippen molar-refractivity contribution in [1.82, 2.24) is 4.90 Å². The Morgan fingerprint density at radius 1 is 0.812 bits per heavy atom. The van der Waals surface area contributed by atoms with Gasteiger partial charge in [0.25, 0.3) is 0 Å². The van der Waals surface area contributed by atoms with Gasteiger partial charge in [-0.15, -0.1) is 0 Å². The molecule has 2 fully saturated rings. The number of rotatable bonds is 3. The molecule has 1 saturated carbocycles. The van der Waals surface area contributed by atoms with Crippen molar-refractivity contribution >= 4 is 15.9 Å². The fourth-order valence-electron chi connectivity index (χ4n) is 3.40. The molecule has 0 aromatic heterocycles. The predicted molar refractivity (Wildman–Crippen MR) is 74.2 cm³/mol. The van der Waals surface area contributed by atoms with E-state index in [1.165, 1.54) is 82.8 Å². The Kier molecular flexibility index (Phi) is 5.15. The first-order chi connectivity index (χ1) is 7.85. The van der Waals surface area contributed by atoms with Gasteiger partial charge in [0.1, 0.15) is 0 Å². The second-order valence-electron chi connectivity index (χ2n) is 5.88. The van der Waals surface area contributed by atoms with Crippen molar-refractivity contribution in [2.75, 3.05) is 25.0 Å². The van der Waals surface area contributed by atoms with Crippen LogP contribution in [0.25, 0.3) is 0 Å². The third kappa shape index (κ3) is 3.46. The molecule has 2 rings (SSSR count). The summed E-state index contributed by atoms with van der Waals surface area (Å²) in [6.07, 6.45) is 13.1. The first kappa shape index (κ1) is 12.9. The molecule has 0 aromatic rings. The Balaban J connectivity index is 1.90. The van der Waals surface area contributed by atoms with Crippen LogP contribution in [0.4, 0.5) is 0 Å². The predicted octanol–water partition coefficient (Wildman–Crippen LogP) is 4.21. The molecule has 0 spiro atoms. The van der Waals surface area contributed by atoms with Crippen molar-refractivity contribution in [3.63, 3.8) is 0 Å². The van der Waals surface area contributed by atoms with Crippen LogP contribution in [0.1, 0.15) is 57.8 Å². The summed E-state index contributed by atoms with van der Waals surface area (Å²) in [5.74, 6) is 0. The summed E-state index contributed by atoms with van der Waals surface area (Å²) in [6.45, 7) is 4.07. The van der Waals surface area contributed by atoms with E-state index < -0.39 is 0 Å². The molecule has 1 aliphatic heterocycles. The topological polar surface area (TPSA) is 3.24 Å². The molecule has 0 radical (unpaired) electrons. The number of nitrogens with zero attached hydrogens (tertiary/aromatic N) is 1. The fraction of sp³-hybridized carbons (Fsp3) is 1.00. The minimum atomic E-state index is 0.605. The summed E-state index contributed by atoms with van der Waals surface area (Å²) in [6, 6.07) is 0. The van der Waals surface area contributed by atoms with Crippen LogP contribution in [0.3, 0.4) is 0 Å². The Morgan fingerprint density at radius 3 is 1.94 bits per heavy atom. The van der Waals surface area contributed by atoms with Gasteiger partial charge in [-0.25, -0.2) is 0 Å². The van der Waals surface area contributed by atoms with Gasteiger partial charge in [0.2, 0.25) is 0 Å². The van der Waals surface area contributed by atoms with Crippen molar-refractivity contribution in [3.05, 3.63) is 0 Å². The summed E-state index contributed by atoms with van der Waals surface area (Å²) in [5.41, 5.74) is 0.605. The zero-order valence-electron chi connectivity index (χ0n) is 10.5. The highest BCUT2D eigenvalue weighted by molar-refractivity contribution is 9.09. The summed E-state index contributed by atoms with van der Waals surface area (Å²) in [7, 11) is 0. The Bertz CT molecular complexity index is 191. The van der Waals surface area contributed by atoms with E-state index in [9.17, 15) is 0 Å². The zero-order chi connectivity index (χ0) is 11.3. The fourth-order valence-corrected chi connectivity index (χ4v) is 4.14. The molecule has 0 unspecified atom stereocenters. The number of hydrogen-bond donors (Lipinski definition) is 0. The summed E-state index contributed by atoms with van der Waals surface area (Å²) in [5, 5.41) is 1.22. The highest BCUT2D eigenvalue weighted by Crippen LogP contribution is 2.37. The van der Waals surface area contributed by atoms with E-state index in [-0.39, 0.29) is 0 Å². The summed E-state index contributed by atoms with van der Waals surface area (Å²) < 4.78 is 0. The molecular weight excluding hydrogens is 262 g/mol. The molecule has 16 heavy (non-hydrogen) atoms. The van der Waals surface area contributed by atoms with Crippen LogP contribution in [0.15, 0.2) is 0 Å². The van der Waals surface area contributed by atoms with Gasteiger partial charge in [0.05, 0.1) is 0 Å². The second kappa shape index (κ2) is 6.39. The molecule has 0 atom stereocenters. The molecule has 0 amide bonds. The van der Waals surface area contributed by atoms with Crippen molar-refractivity contribution < 1.29 is 0 Å². The maximum Gasteiger partial charge on any atom is 0.0100 e. The largest absolute Gasteiger partial charge is 0.303 e. The molecule has 0 bridgehead atoms. The van der Waals surface area contributed by atoms with Gasteiger partial charge in [-0.2, -0.15) is 0 Å². The lowest BCUT2D eigenvalue weighted by atomic mass is 9.81. The molecule has 1 nitrogen and oxygen atoms in total. The van der Waals surface area contributed by atoms with Crippen LogP contribution in [0.2, 0.25) is 0 Å². The van der Waals surface area contributed by atoms with E-state index in [1.807, 2.05) is 0 Å². The van der Waals surface area contributed by atoms with Crippen molar-refractivity contribution in [2.24, 2.45) is 5.41 Å². The van der Waals surface area contributed by atoms with E-state index in [2.05, 4.69) is 20.8 Å². The van der Waals surface area contributed by atoms with Gasteiger partial charge in [-0.05, 0) is 44.2 Å². The first-order valence-corrected chi connectivity index (χ1v) is 8.25. The van der Waals surface area contributed by atoms with E-state index >= 15 is 0 Å². The Labute approximate surface area is 109 Å². The van der Waals surface area contributed by atoms with Crippen molar-refractivity contribution in [2.45, 2.75) is 57.8 Å². The lowest BCUT2D eigenvalue weighted by molar-refractivity contribution is 0.131. The van der Waals surface area contributed by atoms with E-state index in [1.54, 1.807) is 0 Å². The molecular formula is C14H26BrN. The first-order valence-electron chi connectivity index (χ1n) is 7.13. The van der Waals surface area contributed by atoms with E-state index in [0.717, 1.165) is 0 Å². The molecule has 1 saturated heterocycles. The van der Waals surface area contributed by atoms with Crippen molar-refractivity contribution in [3.8, 4) is 0 Å². The zero-order valence-corrected chi connectivity index (χ0v) is 12.1. The number of halogens is 1. The van der Waals surface area contributed by atoms with Gasteiger partial charge in [-0.3, -0.25) is 0 Å². The quantitative estimate of drug-likeness (QED) is 0.555. The lowest BCUT2D eigenvalue weighted by Gasteiger charge is -2.38. The van der Waals surface area contributed by atoms with Gasteiger partial charge >= 0.3 is 0 Å². The van der Waals surface area contributed by atoms with Gasteiger partial charge in [-0.1, -0.05) is 48.0 Å². The molecule has 0 aromatic carbocycles. The maximum absolute atomic E-state index is 3.80. The molecule has 0 N–H and O–H groups in total. The molecule has 1 aliphatic carbocycles. The van der Waals surface area contributed by atoms with Crippen LogP contribution in [0.5, 0.6) is 0 Å². The standard InChI is InChI=1S/C14H26BrN/c15-12-14(8-4-1-2-5-9-14)13-16-10-6-3-7-11-16/h1-13H2. The molecule has 1 heterocycles. The smallest absolute Gasteiger partial charge is 0.0100 e. The SMILES string of the molecule is BrCC1(CN2CCCCC2)CCCCCC1. The number of likely N-dealkylation sites (tertiary alicyclic amines) is 1. The maximum atomic E-state index is 3.80. The van der Waals surface area contributed by atoms with Gasteiger partial charge in [0.15, 0.2) is 0 Å². The van der Waals surface area contributed by atoms with Gasteiger partial charge < -0.3 is 4.90 Å². The normalized spacial score (nSPS) is 27.6. The molecule has 2 aliphatic rings. The number of alkyl halides is 1. The summed E-state index contributed by atoms with van der Waals surface area (Å²) >= 11 is 3.80. The minimum absolute atomic E-state index is 0.605. The minimum Gasteiger partial charge on any atom is -0.303 e. The second-order valence-corrected chi connectivity index (χ2v) is 6.45. The Morgan fingerprint density at radius 2 is 1.38 bits per heavy atom. The van der Waals surface area contributed by atoms with Crippen LogP contribution >= 0.6 is 15.9 Å². The number of piperidine rings is 1. The monoisotopic (exact) mass is 287 g/mol. The average Bonchev–Trinajstić information content (AvgIpc) is 2.57. The van der Waals surface area contributed by atoms with Crippen LogP contribution in [0, 0.1) is 5.41 Å². The lowest BCUT2D eigenvalue weighted by Crippen LogP contribution is -2.41.